The summed E-state index contributed by atoms with van der Waals surface area (Å²) in [4.78, 5) is 52.7. The number of carbonyl (C=O) groups excluding carboxylic acids is 3. The molecule has 234 valence electrons. The van der Waals surface area contributed by atoms with Crippen molar-refractivity contribution in [2.75, 3.05) is 23.4 Å². The summed E-state index contributed by atoms with van der Waals surface area (Å²) in [5.74, 6) is -1.54. The van der Waals surface area contributed by atoms with Crippen LogP contribution in [0.25, 0.3) is 11.2 Å². The minimum Gasteiger partial charge on any atom is -0.457 e. The van der Waals surface area contributed by atoms with Crippen LogP contribution in [0.5, 0.6) is 5.88 Å². The van der Waals surface area contributed by atoms with Gasteiger partial charge in [-0.1, -0.05) is 49.4 Å². The molecule has 13 nitrogen and oxygen atoms in total. The largest absolute Gasteiger partial charge is 0.457 e. The van der Waals surface area contributed by atoms with Crippen LogP contribution in [0.15, 0.2) is 79.6 Å². The number of ether oxygens (including phenoxy) is 4. The molecule has 4 aromatic rings. The second kappa shape index (κ2) is 14.1. The number of benzene rings is 2. The second-order valence-electron chi connectivity index (χ2n) is 10.3. The van der Waals surface area contributed by atoms with E-state index in [9.17, 15) is 14.4 Å². The third-order valence-electron chi connectivity index (χ3n) is 7.09. The van der Waals surface area contributed by atoms with Gasteiger partial charge in [0.1, 0.15) is 0 Å². The quantitative estimate of drug-likeness (QED) is 0.136. The molecular formula is C32H34N6O7. The van der Waals surface area contributed by atoms with Crippen LogP contribution < -0.4 is 15.0 Å². The number of hydrogen-bond acceptors (Lipinski definition) is 10. The second-order valence-corrected chi connectivity index (χ2v) is 10.3. The Bertz CT molecular complexity index is 1620. The van der Waals surface area contributed by atoms with Gasteiger partial charge in [0.05, 0.1) is 42.9 Å². The van der Waals surface area contributed by atoms with E-state index in [1.54, 1.807) is 59.2 Å². The minimum absolute atomic E-state index is 0.120. The maximum absolute atomic E-state index is 13.8. The predicted octanol–water partition coefficient (Wildman–Crippen LogP) is 5.18. The average molecular weight is 615 g/mol. The van der Waals surface area contributed by atoms with Crippen molar-refractivity contribution in [2.24, 2.45) is 5.92 Å². The Labute approximate surface area is 259 Å². The van der Waals surface area contributed by atoms with Gasteiger partial charge in [-0.3, -0.25) is 19.5 Å². The number of carbonyl (C=O) groups is 3. The van der Waals surface area contributed by atoms with E-state index in [0.717, 1.165) is 0 Å². The van der Waals surface area contributed by atoms with E-state index in [2.05, 4.69) is 26.8 Å². The number of rotatable bonds is 11. The van der Waals surface area contributed by atoms with Gasteiger partial charge in [-0.05, 0) is 30.7 Å². The van der Waals surface area contributed by atoms with Crippen LogP contribution in [0, 0.1) is 5.92 Å². The number of nitrogens with zero attached hydrogens (tertiary/aromatic N) is 5. The number of hydrogen-bond donors (Lipinski definition) is 1. The smallest absolute Gasteiger partial charge is 0.425 e. The van der Waals surface area contributed by atoms with E-state index in [1.807, 2.05) is 19.1 Å². The Hall–Kier alpha value is -5.14. The van der Waals surface area contributed by atoms with Crippen molar-refractivity contribution in [3.8, 4) is 5.88 Å². The summed E-state index contributed by atoms with van der Waals surface area (Å²) in [7, 11) is 0. The third kappa shape index (κ3) is 7.00. The molecule has 1 aliphatic rings. The summed E-state index contributed by atoms with van der Waals surface area (Å²) in [5.41, 5.74) is 1.44. The molecule has 0 unspecified atom stereocenters. The molecule has 0 aliphatic carbocycles. The fraction of sp³-hybridized carbons (Fsp3) is 0.312. The summed E-state index contributed by atoms with van der Waals surface area (Å²) in [6.45, 7) is 8.86. The van der Waals surface area contributed by atoms with E-state index < -0.39 is 30.3 Å². The fourth-order valence-electron chi connectivity index (χ4n) is 5.23. The van der Waals surface area contributed by atoms with Crippen LogP contribution in [0.2, 0.25) is 0 Å². The van der Waals surface area contributed by atoms with E-state index in [1.165, 1.54) is 25.1 Å². The molecule has 2 aromatic heterocycles. The van der Waals surface area contributed by atoms with Gasteiger partial charge in [0.2, 0.25) is 11.9 Å². The monoisotopic (exact) mass is 614 g/mol. The molecule has 45 heavy (non-hydrogen) atoms. The number of aromatic nitrogens is 4. The highest BCUT2D eigenvalue weighted by Gasteiger charge is 2.47. The van der Waals surface area contributed by atoms with Crippen molar-refractivity contribution in [1.29, 1.82) is 0 Å². The lowest BCUT2D eigenvalue weighted by molar-refractivity contribution is -0.154. The van der Waals surface area contributed by atoms with Crippen LogP contribution in [0.4, 0.5) is 22.1 Å². The van der Waals surface area contributed by atoms with Crippen LogP contribution in [0.3, 0.4) is 0 Å². The minimum atomic E-state index is -0.852. The number of imidazole rings is 1. The molecule has 1 aliphatic heterocycles. The summed E-state index contributed by atoms with van der Waals surface area (Å²) >= 11 is 0. The van der Waals surface area contributed by atoms with Crippen molar-refractivity contribution >= 4 is 46.5 Å². The Balaban J connectivity index is 1.56. The van der Waals surface area contributed by atoms with Crippen LogP contribution in [-0.2, 0) is 23.8 Å². The van der Waals surface area contributed by atoms with Gasteiger partial charge in [0.25, 0.3) is 5.88 Å². The molecule has 5 rings (SSSR count). The lowest BCUT2D eigenvalue weighted by atomic mass is 9.97. The number of fused-ring (bicyclic) bond motifs is 1. The van der Waals surface area contributed by atoms with Gasteiger partial charge in [-0.25, -0.2) is 14.7 Å². The van der Waals surface area contributed by atoms with Gasteiger partial charge in [-0.15, -0.1) is 6.58 Å². The Morgan fingerprint density at radius 1 is 1.04 bits per heavy atom. The molecule has 1 fully saturated rings. The molecule has 1 saturated heterocycles. The third-order valence-corrected chi connectivity index (χ3v) is 7.09. The molecule has 3 heterocycles. The maximum Gasteiger partial charge on any atom is 0.425 e. The molecule has 0 spiro atoms. The fourth-order valence-corrected chi connectivity index (χ4v) is 5.23. The van der Waals surface area contributed by atoms with Gasteiger partial charge < -0.3 is 18.9 Å². The van der Waals surface area contributed by atoms with Crippen molar-refractivity contribution in [1.82, 2.24) is 19.5 Å². The zero-order valence-corrected chi connectivity index (χ0v) is 25.2. The number of para-hydroxylation sites is 2. The van der Waals surface area contributed by atoms with E-state index in [-0.39, 0.29) is 41.6 Å². The Kier molecular flexibility index (Phi) is 9.80. The van der Waals surface area contributed by atoms with Crippen molar-refractivity contribution < 1.29 is 33.3 Å². The highest BCUT2D eigenvalue weighted by molar-refractivity contribution is 5.98. The van der Waals surface area contributed by atoms with Crippen LogP contribution in [-0.4, -0.2) is 62.9 Å². The summed E-state index contributed by atoms with van der Waals surface area (Å²) in [6, 6.07) is 18.0. The summed E-state index contributed by atoms with van der Waals surface area (Å²) in [6.07, 6.45) is 1.01. The zero-order chi connectivity index (χ0) is 31.9. The standard InChI is InChI=1S/C32H34N6O7/c1-5-17-42-18-24-25(6-2)44-30(27(24)43-21(4)40)37-19-33-26-28(37)35-31(34-20(3)39)36-29(26)45-32(41)38(22-13-9-7-10-14-22)23-15-11-8-12-16-23/h5,7-16,19,24-25,27,30H,1,6,17-18H2,2-4H3,(H,34,35,36,39)/t24-,25-,27-,30-/m1/s1. The van der Waals surface area contributed by atoms with Crippen LogP contribution >= 0.6 is 0 Å². The molecule has 4 atom stereocenters. The van der Waals surface area contributed by atoms with Crippen LogP contribution in [0.1, 0.15) is 33.4 Å². The predicted molar refractivity (Wildman–Crippen MR) is 165 cm³/mol. The molecule has 0 radical (unpaired) electrons. The SMILES string of the molecule is C=CCOC[C@H]1[C@@H](OC(C)=O)[C@H](n2cnc3c(OC(=O)N(c4ccccc4)c4ccccc4)nc(NC(C)=O)nc32)O[C@@H]1CC. The van der Waals surface area contributed by atoms with Gasteiger partial charge in [-0.2, -0.15) is 9.97 Å². The van der Waals surface area contributed by atoms with Crippen molar-refractivity contribution in [2.45, 2.75) is 45.6 Å². The molecule has 0 bridgehead atoms. The molecular weight excluding hydrogens is 580 g/mol. The summed E-state index contributed by atoms with van der Waals surface area (Å²) < 4.78 is 25.3. The molecule has 1 N–H and O–H groups in total. The van der Waals surface area contributed by atoms with E-state index >= 15 is 0 Å². The van der Waals surface area contributed by atoms with Crippen molar-refractivity contribution in [3.05, 3.63) is 79.6 Å². The maximum atomic E-state index is 13.8. The number of anilines is 3. The average Bonchev–Trinajstić information content (AvgIpc) is 3.59. The number of esters is 1. The number of amides is 2. The first-order chi connectivity index (χ1) is 21.8. The molecule has 13 heteroatoms. The molecule has 0 saturated carbocycles. The normalized spacial score (nSPS) is 19.2. The van der Waals surface area contributed by atoms with E-state index in [4.69, 9.17) is 18.9 Å². The highest BCUT2D eigenvalue weighted by Crippen LogP contribution is 2.40. The summed E-state index contributed by atoms with van der Waals surface area (Å²) in [5, 5.41) is 2.55. The lowest BCUT2D eigenvalue weighted by Gasteiger charge is -2.24. The zero-order valence-electron chi connectivity index (χ0n) is 25.2. The number of nitrogens with one attached hydrogen (secondary N) is 1. The van der Waals surface area contributed by atoms with Gasteiger partial charge >= 0.3 is 12.1 Å². The van der Waals surface area contributed by atoms with Gasteiger partial charge in [0.15, 0.2) is 23.5 Å². The first kappa shape index (κ1) is 31.3. The first-order valence-corrected chi connectivity index (χ1v) is 14.5. The molecule has 2 aromatic carbocycles. The molecule has 2 amide bonds. The Morgan fingerprint density at radius 2 is 1.71 bits per heavy atom. The topological polar surface area (TPSA) is 147 Å². The van der Waals surface area contributed by atoms with Gasteiger partial charge in [0, 0.05) is 13.8 Å². The lowest BCUT2D eigenvalue weighted by Crippen LogP contribution is -2.34. The first-order valence-electron chi connectivity index (χ1n) is 14.5. The van der Waals surface area contributed by atoms with E-state index in [0.29, 0.717) is 24.4 Å². The highest BCUT2D eigenvalue weighted by atomic mass is 16.6. The Morgan fingerprint density at radius 3 is 2.29 bits per heavy atom. The van der Waals surface area contributed by atoms with Crippen molar-refractivity contribution in [3.63, 3.8) is 0 Å².